The first kappa shape index (κ1) is 13.5. The summed E-state index contributed by atoms with van der Waals surface area (Å²) in [6.07, 6.45) is 0.931. The number of aryl methyl sites for hydroxylation is 1. The molecule has 0 radical (unpaired) electrons. The fraction of sp³-hybridized carbons (Fsp3) is 0.429. The van der Waals surface area contributed by atoms with Gasteiger partial charge in [0, 0.05) is 26.9 Å². The Balaban J connectivity index is 1.99. The molecule has 0 spiro atoms. The number of rotatable bonds is 5. The number of likely N-dealkylation sites (N-methyl/N-ethyl adjacent to an activating group) is 1. The lowest BCUT2D eigenvalue weighted by atomic mass is 10.1. The van der Waals surface area contributed by atoms with Crippen LogP contribution >= 0.6 is 0 Å². The van der Waals surface area contributed by atoms with Crippen molar-refractivity contribution in [3.63, 3.8) is 0 Å². The lowest BCUT2D eigenvalue weighted by molar-refractivity contribution is -0.130. The molecule has 0 fully saturated rings. The molecule has 1 N–H and O–H groups in total. The maximum absolute atomic E-state index is 11.5. The summed E-state index contributed by atoms with van der Waals surface area (Å²) in [7, 11) is 1.75. The van der Waals surface area contributed by atoms with E-state index in [-0.39, 0.29) is 18.9 Å². The van der Waals surface area contributed by atoms with E-state index in [4.69, 9.17) is 9.52 Å². The third-order valence-electron chi connectivity index (χ3n) is 3.05. The summed E-state index contributed by atoms with van der Waals surface area (Å²) in [5.41, 5.74) is 2.73. The summed E-state index contributed by atoms with van der Waals surface area (Å²) in [6, 6.07) is 5.88. The van der Waals surface area contributed by atoms with E-state index < -0.39 is 0 Å². The van der Waals surface area contributed by atoms with Crippen LogP contribution in [0.5, 0.6) is 0 Å². The van der Waals surface area contributed by atoms with E-state index in [9.17, 15) is 4.79 Å². The first-order valence-electron chi connectivity index (χ1n) is 6.31. The largest absolute Gasteiger partial charge is 0.441 e. The Morgan fingerprint density at radius 1 is 1.47 bits per heavy atom. The summed E-state index contributed by atoms with van der Waals surface area (Å²) in [4.78, 5) is 17.4. The number of aliphatic hydroxyl groups is 1. The van der Waals surface area contributed by atoms with Crippen LogP contribution in [0, 0.1) is 6.92 Å². The summed E-state index contributed by atoms with van der Waals surface area (Å²) < 4.78 is 5.48. The Hall–Kier alpha value is -1.88. The number of carbonyl (C=O) groups excluding carboxylic acids is 1. The van der Waals surface area contributed by atoms with Gasteiger partial charge in [-0.25, -0.2) is 4.98 Å². The quantitative estimate of drug-likeness (QED) is 0.887. The van der Waals surface area contributed by atoms with Crippen LogP contribution in [0.25, 0.3) is 11.1 Å². The van der Waals surface area contributed by atoms with E-state index in [0.29, 0.717) is 12.4 Å². The van der Waals surface area contributed by atoms with E-state index in [2.05, 4.69) is 4.98 Å². The Kier molecular flexibility index (Phi) is 4.16. The molecular weight excluding hydrogens is 244 g/mol. The van der Waals surface area contributed by atoms with E-state index in [1.165, 1.54) is 0 Å². The van der Waals surface area contributed by atoms with Gasteiger partial charge in [-0.15, -0.1) is 0 Å². The van der Waals surface area contributed by atoms with Gasteiger partial charge in [0.25, 0.3) is 0 Å². The highest BCUT2D eigenvalue weighted by atomic mass is 16.3. The number of amides is 1. The van der Waals surface area contributed by atoms with Gasteiger partial charge in [-0.2, -0.15) is 0 Å². The van der Waals surface area contributed by atoms with Crippen molar-refractivity contribution in [3.05, 3.63) is 29.7 Å². The molecule has 0 unspecified atom stereocenters. The molecule has 19 heavy (non-hydrogen) atoms. The van der Waals surface area contributed by atoms with Gasteiger partial charge >= 0.3 is 0 Å². The van der Waals surface area contributed by atoms with E-state index >= 15 is 0 Å². The third kappa shape index (κ3) is 3.32. The van der Waals surface area contributed by atoms with Crippen LogP contribution in [0.3, 0.4) is 0 Å². The van der Waals surface area contributed by atoms with Crippen molar-refractivity contribution in [2.45, 2.75) is 19.8 Å². The fourth-order valence-corrected chi connectivity index (χ4v) is 1.95. The van der Waals surface area contributed by atoms with Gasteiger partial charge in [-0.1, -0.05) is 6.07 Å². The molecule has 0 aliphatic rings. The molecule has 0 atom stereocenters. The molecule has 1 amide bonds. The molecule has 0 bridgehead atoms. The molecule has 1 aromatic carbocycles. The molecule has 0 aliphatic heterocycles. The van der Waals surface area contributed by atoms with Crippen molar-refractivity contribution in [2.75, 3.05) is 20.2 Å². The van der Waals surface area contributed by atoms with E-state index in [0.717, 1.165) is 23.1 Å². The average molecular weight is 262 g/mol. The monoisotopic (exact) mass is 262 g/mol. The molecule has 0 aliphatic carbocycles. The van der Waals surface area contributed by atoms with Gasteiger partial charge in [-0.3, -0.25) is 4.79 Å². The SMILES string of the molecule is Cc1nc2ccc(CCN(C)C(=O)CCO)cc2o1. The highest BCUT2D eigenvalue weighted by Gasteiger charge is 2.08. The minimum absolute atomic E-state index is 0.0425. The zero-order valence-electron chi connectivity index (χ0n) is 11.2. The third-order valence-corrected chi connectivity index (χ3v) is 3.05. The van der Waals surface area contributed by atoms with Crippen LogP contribution in [-0.4, -0.2) is 41.1 Å². The number of aliphatic hydroxyl groups excluding tert-OH is 1. The van der Waals surface area contributed by atoms with Gasteiger partial charge < -0.3 is 14.4 Å². The predicted octanol–water partition coefficient (Wildman–Crippen LogP) is 1.52. The lowest BCUT2D eigenvalue weighted by Gasteiger charge is -2.16. The van der Waals surface area contributed by atoms with Crippen LogP contribution in [-0.2, 0) is 11.2 Å². The molecule has 1 heterocycles. The van der Waals surface area contributed by atoms with Gasteiger partial charge in [-0.05, 0) is 24.1 Å². The van der Waals surface area contributed by atoms with Crippen molar-refractivity contribution in [1.29, 1.82) is 0 Å². The van der Waals surface area contributed by atoms with Gasteiger partial charge in [0.15, 0.2) is 11.5 Å². The summed E-state index contributed by atoms with van der Waals surface area (Å²) in [5.74, 6) is 0.612. The first-order chi connectivity index (χ1) is 9.10. The number of fused-ring (bicyclic) bond motifs is 1. The Morgan fingerprint density at radius 3 is 3.00 bits per heavy atom. The maximum Gasteiger partial charge on any atom is 0.224 e. The number of oxazole rings is 1. The zero-order valence-corrected chi connectivity index (χ0v) is 11.2. The molecular formula is C14H18N2O3. The second-order valence-electron chi connectivity index (χ2n) is 4.57. The van der Waals surface area contributed by atoms with Crippen LogP contribution in [0.1, 0.15) is 17.9 Å². The second-order valence-corrected chi connectivity index (χ2v) is 4.57. The van der Waals surface area contributed by atoms with Gasteiger partial charge in [0.2, 0.25) is 5.91 Å². The smallest absolute Gasteiger partial charge is 0.224 e. The van der Waals surface area contributed by atoms with E-state index in [1.807, 2.05) is 25.1 Å². The predicted molar refractivity (Wildman–Crippen MR) is 71.8 cm³/mol. The minimum atomic E-state index is -0.105. The van der Waals surface area contributed by atoms with Crippen molar-refractivity contribution in [3.8, 4) is 0 Å². The van der Waals surface area contributed by atoms with Crippen molar-refractivity contribution in [2.24, 2.45) is 0 Å². The minimum Gasteiger partial charge on any atom is -0.441 e. The number of nitrogens with zero attached hydrogens (tertiary/aromatic N) is 2. The number of aromatic nitrogens is 1. The molecule has 2 aromatic rings. The average Bonchev–Trinajstić information content (AvgIpc) is 2.75. The molecule has 0 saturated heterocycles. The number of hydrogen-bond donors (Lipinski definition) is 1. The normalized spacial score (nSPS) is 10.9. The lowest BCUT2D eigenvalue weighted by Crippen LogP contribution is -2.29. The highest BCUT2D eigenvalue weighted by Crippen LogP contribution is 2.17. The van der Waals surface area contributed by atoms with Crippen molar-refractivity contribution < 1.29 is 14.3 Å². The molecule has 5 nitrogen and oxygen atoms in total. The number of benzene rings is 1. The Morgan fingerprint density at radius 2 is 2.26 bits per heavy atom. The summed E-state index contributed by atoms with van der Waals surface area (Å²) in [5, 5.41) is 8.72. The maximum atomic E-state index is 11.5. The first-order valence-corrected chi connectivity index (χ1v) is 6.31. The van der Waals surface area contributed by atoms with Gasteiger partial charge in [0.05, 0.1) is 6.61 Å². The van der Waals surface area contributed by atoms with Crippen LogP contribution in [0.15, 0.2) is 22.6 Å². The second kappa shape index (κ2) is 5.84. The van der Waals surface area contributed by atoms with Gasteiger partial charge in [0.1, 0.15) is 5.52 Å². The summed E-state index contributed by atoms with van der Waals surface area (Å²) >= 11 is 0. The van der Waals surface area contributed by atoms with Crippen LogP contribution in [0.4, 0.5) is 0 Å². The standard InChI is InChI=1S/C14H18N2O3/c1-10-15-12-4-3-11(9-13(12)19-10)5-7-16(2)14(18)6-8-17/h3-4,9,17H,5-8H2,1-2H3. The van der Waals surface area contributed by atoms with Crippen LogP contribution in [0.2, 0.25) is 0 Å². The molecule has 2 rings (SSSR count). The number of hydrogen-bond acceptors (Lipinski definition) is 4. The van der Waals surface area contributed by atoms with Crippen molar-refractivity contribution in [1.82, 2.24) is 9.88 Å². The van der Waals surface area contributed by atoms with Crippen molar-refractivity contribution >= 4 is 17.0 Å². The Bertz CT molecular complexity index is 577. The van der Waals surface area contributed by atoms with Crippen LogP contribution < -0.4 is 0 Å². The molecule has 0 saturated carbocycles. The summed E-state index contributed by atoms with van der Waals surface area (Å²) in [6.45, 7) is 2.34. The Labute approximate surface area is 111 Å². The highest BCUT2D eigenvalue weighted by molar-refractivity contribution is 5.76. The fourth-order valence-electron chi connectivity index (χ4n) is 1.95. The van der Waals surface area contributed by atoms with E-state index in [1.54, 1.807) is 11.9 Å². The zero-order chi connectivity index (χ0) is 13.8. The number of carbonyl (C=O) groups is 1. The molecule has 102 valence electrons. The molecule has 5 heteroatoms. The molecule has 1 aromatic heterocycles. The topological polar surface area (TPSA) is 66.6 Å².